The molecule has 1 saturated heterocycles. The van der Waals surface area contributed by atoms with Crippen LogP contribution in [0.3, 0.4) is 0 Å². The summed E-state index contributed by atoms with van der Waals surface area (Å²) in [7, 11) is 0.195. The summed E-state index contributed by atoms with van der Waals surface area (Å²) < 4.78 is 46.3. The van der Waals surface area contributed by atoms with Crippen LogP contribution in [0.1, 0.15) is 24.0 Å². The summed E-state index contributed by atoms with van der Waals surface area (Å²) in [5.41, 5.74) is 6.86. The molecular formula is C26H32F2N4O3S. The fraction of sp³-hybridized carbons (Fsp3) is 0.385. The van der Waals surface area contributed by atoms with Gasteiger partial charge in [-0.3, -0.25) is 9.21 Å². The second kappa shape index (κ2) is 14.0. The fourth-order valence-electron chi connectivity index (χ4n) is 4.07. The first-order valence-corrected chi connectivity index (χ1v) is 13.1. The summed E-state index contributed by atoms with van der Waals surface area (Å²) >= 11 is 0. The van der Waals surface area contributed by atoms with Crippen LogP contribution < -0.4 is 10.0 Å². The number of alkyl halides is 2. The third-order valence-corrected chi connectivity index (χ3v) is 7.26. The number of aldehydes is 1. The summed E-state index contributed by atoms with van der Waals surface area (Å²) in [6, 6.07) is 16.7. The standard InChI is InChI=1S/C25H27F2N3O3S.CH5N/c26-24(27)23-12-13-28-25(33-23)20-10-8-19(9-11-20)17-30(21-5-2-1-3-6-21)34(32)16-15-29-14-4-7-22(29)18-31;1-2/h1-3,5-6,8-12,18,22,24H,4,7,13-17H2;2H2,1H3. The molecule has 4 rings (SSSR count). The quantitative estimate of drug-likeness (QED) is 0.487. The first-order chi connectivity index (χ1) is 17.5. The average Bonchev–Trinajstić information content (AvgIpc) is 3.40. The zero-order chi connectivity index (χ0) is 25.9. The molecule has 2 aromatic carbocycles. The summed E-state index contributed by atoms with van der Waals surface area (Å²) in [4.78, 5) is 17.5. The van der Waals surface area contributed by atoms with Gasteiger partial charge in [-0.15, -0.1) is 0 Å². The molecule has 7 nitrogen and oxygen atoms in total. The van der Waals surface area contributed by atoms with Gasteiger partial charge in [-0.1, -0.05) is 30.3 Å². The van der Waals surface area contributed by atoms with E-state index in [1.54, 1.807) is 12.1 Å². The third kappa shape index (κ3) is 7.28. The van der Waals surface area contributed by atoms with Crippen LogP contribution in [0.15, 0.2) is 71.4 Å². The predicted octanol–water partition coefficient (Wildman–Crippen LogP) is 3.52. The Morgan fingerprint density at radius 3 is 2.58 bits per heavy atom. The number of likely N-dealkylation sites (tertiary alicyclic amines) is 1. The van der Waals surface area contributed by atoms with E-state index in [9.17, 15) is 17.8 Å². The van der Waals surface area contributed by atoms with Crippen LogP contribution >= 0.6 is 0 Å². The number of rotatable bonds is 10. The van der Waals surface area contributed by atoms with E-state index in [2.05, 4.69) is 15.6 Å². The molecule has 0 aromatic heterocycles. The van der Waals surface area contributed by atoms with Gasteiger partial charge < -0.3 is 15.3 Å². The van der Waals surface area contributed by atoms with Crippen molar-refractivity contribution in [2.45, 2.75) is 31.9 Å². The van der Waals surface area contributed by atoms with Gasteiger partial charge in [-0.2, -0.15) is 0 Å². The number of carbonyl (C=O) groups is 1. The third-order valence-electron chi connectivity index (χ3n) is 5.90. The number of para-hydroxylation sites is 1. The zero-order valence-electron chi connectivity index (χ0n) is 20.3. The van der Waals surface area contributed by atoms with Gasteiger partial charge in [0.1, 0.15) is 17.3 Å². The molecule has 36 heavy (non-hydrogen) atoms. The van der Waals surface area contributed by atoms with Gasteiger partial charge in [-0.05, 0) is 62.3 Å². The number of ether oxygens (including phenoxy) is 1. The van der Waals surface area contributed by atoms with Crippen molar-refractivity contribution in [2.75, 3.05) is 36.7 Å². The van der Waals surface area contributed by atoms with E-state index in [0.29, 0.717) is 24.4 Å². The van der Waals surface area contributed by atoms with E-state index in [1.165, 1.54) is 13.1 Å². The molecule has 2 aliphatic heterocycles. The molecule has 2 atom stereocenters. The van der Waals surface area contributed by atoms with E-state index in [4.69, 9.17) is 4.74 Å². The summed E-state index contributed by atoms with van der Waals surface area (Å²) in [5.74, 6) is 0.211. The normalized spacial score (nSPS) is 18.4. The molecule has 0 aliphatic carbocycles. The molecule has 10 heteroatoms. The van der Waals surface area contributed by atoms with E-state index in [-0.39, 0.29) is 24.2 Å². The molecule has 2 aliphatic rings. The largest absolute Gasteiger partial charge is 0.437 e. The molecule has 2 heterocycles. The first-order valence-electron chi connectivity index (χ1n) is 11.8. The maximum absolute atomic E-state index is 13.3. The van der Waals surface area contributed by atoms with Crippen molar-refractivity contribution in [3.8, 4) is 0 Å². The van der Waals surface area contributed by atoms with Gasteiger partial charge in [-0.25, -0.2) is 18.0 Å². The van der Waals surface area contributed by atoms with E-state index >= 15 is 0 Å². The lowest BCUT2D eigenvalue weighted by atomic mass is 10.1. The lowest BCUT2D eigenvalue weighted by Gasteiger charge is -2.26. The van der Waals surface area contributed by atoms with Crippen molar-refractivity contribution in [1.29, 1.82) is 0 Å². The van der Waals surface area contributed by atoms with Gasteiger partial charge in [0.2, 0.25) is 5.90 Å². The Morgan fingerprint density at radius 2 is 1.92 bits per heavy atom. The van der Waals surface area contributed by atoms with Gasteiger partial charge >= 0.3 is 0 Å². The van der Waals surface area contributed by atoms with Crippen molar-refractivity contribution in [1.82, 2.24) is 4.90 Å². The summed E-state index contributed by atoms with van der Waals surface area (Å²) in [6.45, 7) is 2.00. The monoisotopic (exact) mass is 518 g/mol. The Bertz CT molecular complexity index is 1060. The van der Waals surface area contributed by atoms with Crippen LogP contribution in [0.2, 0.25) is 0 Å². The lowest BCUT2D eigenvalue weighted by molar-refractivity contribution is -0.111. The molecule has 1 fully saturated rings. The van der Waals surface area contributed by atoms with E-state index < -0.39 is 17.4 Å². The van der Waals surface area contributed by atoms with E-state index in [0.717, 1.165) is 36.9 Å². The van der Waals surface area contributed by atoms with E-state index in [1.807, 2.05) is 46.8 Å². The Kier molecular flexibility index (Phi) is 10.7. The maximum atomic E-state index is 13.3. The van der Waals surface area contributed by atoms with Crippen molar-refractivity contribution < 1.29 is 22.5 Å². The van der Waals surface area contributed by atoms with Crippen LogP contribution in [-0.4, -0.2) is 66.2 Å². The topological polar surface area (TPSA) is 88.2 Å². The minimum absolute atomic E-state index is 0.0833. The molecule has 0 saturated carbocycles. The van der Waals surface area contributed by atoms with Crippen LogP contribution in [0.25, 0.3) is 0 Å². The molecule has 2 N–H and O–H groups in total. The number of allylic oxidation sites excluding steroid dienone is 1. The van der Waals surface area contributed by atoms with Gasteiger partial charge in [0, 0.05) is 17.8 Å². The predicted molar refractivity (Wildman–Crippen MR) is 139 cm³/mol. The molecule has 2 aromatic rings. The average molecular weight is 519 g/mol. The molecule has 0 bridgehead atoms. The van der Waals surface area contributed by atoms with Crippen LogP contribution in [0.4, 0.5) is 14.5 Å². The number of hydrogen-bond donors (Lipinski definition) is 1. The summed E-state index contributed by atoms with van der Waals surface area (Å²) in [6.07, 6.45) is 1.41. The Hall–Kier alpha value is -2.95. The van der Waals surface area contributed by atoms with Crippen molar-refractivity contribution >= 4 is 28.9 Å². The molecule has 0 amide bonds. The summed E-state index contributed by atoms with van der Waals surface area (Å²) in [5, 5.41) is 0. The minimum atomic E-state index is -2.68. The minimum Gasteiger partial charge on any atom is -0.437 e. The van der Waals surface area contributed by atoms with Gasteiger partial charge in [0.15, 0.2) is 5.76 Å². The van der Waals surface area contributed by atoms with Crippen LogP contribution in [0.5, 0.6) is 0 Å². The molecule has 0 radical (unpaired) electrons. The van der Waals surface area contributed by atoms with Crippen LogP contribution in [-0.2, 0) is 27.1 Å². The number of benzene rings is 2. The first kappa shape index (κ1) is 27.6. The Labute approximate surface area is 213 Å². The maximum Gasteiger partial charge on any atom is 0.295 e. The van der Waals surface area contributed by atoms with Gasteiger partial charge in [0.05, 0.1) is 24.9 Å². The highest BCUT2D eigenvalue weighted by molar-refractivity contribution is 7.86. The highest BCUT2D eigenvalue weighted by Gasteiger charge is 2.25. The van der Waals surface area contributed by atoms with Crippen molar-refractivity contribution in [3.05, 3.63) is 77.6 Å². The fourth-order valence-corrected chi connectivity index (χ4v) is 5.33. The number of nitrogens with two attached hydrogens (primary N) is 1. The molecule has 0 spiro atoms. The van der Waals surface area contributed by atoms with Gasteiger partial charge in [0.25, 0.3) is 6.43 Å². The van der Waals surface area contributed by atoms with Crippen LogP contribution in [0, 0.1) is 0 Å². The molecular weight excluding hydrogens is 486 g/mol. The molecule has 2 unspecified atom stereocenters. The second-order valence-corrected chi connectivity index (χ2v) is 9.62. The number of hydrogen-bond acceptors (Lipinski definition) is 6. The number of nitrogens with zero attached hydrogens (tertiary/aromatic N) is 3. The number of halogens is 2. The number of anilines is 1. The zero-order valence-corrected chi connectivity index (χ0v) is 21.1. The SMILES string of the molecule is CN.O=CC1CCCN1CCS(=O)N(Cc1ccc(C2=NCC=C(C(F)F)O2)cc1)c1ccccc1. The Morgan fingerprint density at radius 1 is 1.19 bits per heavy atom. The molecule has 194 valence electrons. The lowest BCUT2D eigenvalue weighted by Crippen LogP contribution is -2.37. The smallest absolute Gasteiger partial charge is 0.295 e. The Balaban J connectivity index is 0.00000176. The number of aliphatic imine (C=N–C) groups is 1. The highest BCUT2D eigenvalue weighted by atomic mass is 32.2. The van der Waals surface area contributed by atoms with Crippen molar-refractivity contribution in [3.63, 3.8) is 0 Å². The second-order valence-electron chi connectivity index (χ2n) is 8.13. The van der Waals surface area contributed by atoms with Crippen molar-refractivity contribution in [2.24, 2.45) is 10.7 Å². The number of carbonyl (C=O) groups excluding carboxylic acids is 1. The highest BCUT2D eigenvalue weighted by Crippen LogP contribution is 2.22.